The molecule has 0 bridgehead atoms. The lowest BCUT2D eigenvalue weighted by Crippen LogP contribution is -2.42. The maximum Gasteiger partial charge on any atom is 0.325 e. The van der Waals surface area contributed by atoms with Gasteiger partial charge in [0.15, 0.2) is 5.13 Å². The average Bonchev–Trinajstić information content (AvgIpc) is 3.07. The second-order valence-electron chi connectivity index (χ2n) is 6.38. The summed E-state index contributed by atoms with van der Waals surface area (Å²) in [5, 5.41) is 5.64. The Morgan fingerprint density at radius 3 is 2.59 bits per heavy atom. The molecule has 0 radical (unpaired) electrons. The molecular weight excluding hydrogens is 371 g/mol. The van der Waals surface area contributed by atoms with Gasteiger partial charge in [-0.2, -0.15) is 0 Å². The number of amides is 4. The number of benzene rings is 1. The van der Waals surface area contributed by atoms with Crippen LogP contribution >= 0.6 is 11.3 Å². The second kappa shape index (κ2) is 7.07. The van der Waals surface area contributed by atoms with Gasteiger partial charge in [0, 0.05) is 4.88 Å². The minimum Gasteiger partial charge on any atom is -0.319 e. The Labute approximate surface area is 159 Å². The van der Waals surface area contributed by atoms with E-state index in [4.69, 9.17) is 0 Å². The van der Waals surface area contributed by atoms with Gasteiger partial charge >= 0.3 is 6.03 Å². The van der Waals surface area contributed by atoms with Crippen molar-refractivity contribution < 1.29 is 18.8 Å². The van der Waals surface area contributed by atoms with Crippen molar-refractivity contribution in [1.29, 1.82) is 0 Å². The van der Waals surface area contributed by atoms with E-state index in [9.17, 15) is 18.8 Å². The van der Waals surface area contributed by atoms with Crippen molar-refractivity contribution in [2.75, 3.05) is 11.9 Å². The van der Waals surface area contributed by atoms with Crippen LogP contribution in [0, 0.1) is 12.7 Å². The van der Waals surface area contributed by atoms with Crippen LogP contribution in [0.3, 0.4) is 0 Å². The molecule has 0 aliphatic carbocycles. The van der Waals surface area contributed by atoms with Gasteiger partial charge in [-0.1, -0.05) is 19.1 Å². The van der Waals surface area contributed by atoms with Crippen LogP contribution in [-0.4, -0.2) is 34.3 Å². The molecule has 3 rings (SSSR count). The quantitative estimate of drug-likeness (QED) is 0.768. The molecule has 1 atom stereocenters. The molecule has 4 amide bonds. The molecule has 1 fully saturated rings. The molecule has 1 aromatic carbocycles. The fourth-order valence-electron chi connectivity index (χ4n) is 2.93. The molecule has 1 saturated heterocycles. The molecule has 1 aromatic heterocycles. The van der Waals surface area contributed by atoms with E-state index in [1.165, 1.54) is 42.5 Å². The van der Waals surface area contributed by atoms with E-state index in [0.717, 1.165) is 21.9 Å². The normalized spacial score (nSPS) is 19.3. The van der Waals surface area contributed by atoms with E-state index < -0.39 is 35.7 Å². The summed E-state index contributed by atoms with van der Waals surface area (Å²) in [5.74, 6) is -1.53. The third-order valence-electron chi connectivity index (χ3n) is 4.47. The lowest BCUT2D eigenvalue weighted by Gasteiger charge is -2.22. The number of hydrogen-bond donors (Lipinski definition) is 2. The number of urea groups is 1. The van der Waals surface area contributed by atoms with Crippen molar-refractivity contribution in [2.45, 2.75) is 32.7 Å². The van der Waals surface area contributed by atoms with Crippen LogP contribution in [0.2, 0.25) is 0 Å². The van der Waals surface area contributed by atoms with Gasteiger partial charge in [0.1, 0.15) is 17.9 Å². The number of aromatic nitrogens is 1. The zero-order valence-electron chi connectivity index (χ0n) is 15.1. The second-order valence-corrected chi connectivity index (χ2v) is 7.58. The monoisotopic (exact) mass is 390 g/mol. The van der Waals surface area contributed by atoms with E-state index in [2.05, 4.69) is 15.6 Å². The van der Waals surface area contributed by atoms with Crippen LogP contribution in [0.15, 0.2) is 24.3 Å². The molecule has 2 N–H and O–H groups in total. The van der Waals surface area contributed by atoms with Crippen molar-refractivity contribution in [1.82, 2.24) is 15.2 Å². The Hall–Kier alpha value is -2.81. The molecule has 2 heterocycles. The minimum absolute atomic E-state index is 0.429. The Bertz CT molecular complexity index is 912. The maximum atomic E-state index is 13.1. The van der Waals surface area contributed by atoms with Crippen LogP contribution in [0.25, 0.3) is 0 Å². The van der Waals surface area contributed by atoms with Crippen molar-refractivity contribution in [3.63, 3.8) is 0 Å². The first-order chi connectivity index (χ1) is 12.7. The molecular formula is C18H19FN4O3S. The first-order valence-corrected chi connectivity index (χ1v) is 9.22. The van der Waals surface area contributed by atoms with Gasteiger partial charge in [-0.25, -0.2) is 14.2 Å². The lowest BCUT2D eigenvalue weighted by atomic mass is 9.92. The molecule has 1 aliphatic heterocycles. The van der Waals surface area contributed by atoms with Crippen LogP contribution in [0.4, 0.5) is 14.3 Å². The standard InChI is InChI=1S/C18H19FN4O3S/c1-4-13-10(2)27-16(20-13)21-14(24)9-23-15(25)18(3,22-17(23)26)11-5-7-12(19)8-6-11/h5-8H,4,9H2,1-3H3,(H,22,26)(H,20,21,24)/t18-/m1/s1. The number of aryl methyl sites for hydroxylation is 2. The summed E-state index contributed by atoms with van der Waals surface area (Å²) in [4.78, 5) is 43.5. The van der Waals surface area contributed by atoms with E-state index in [0.29, 0.717) is 10.7 Å². The third kappa shape index (κ3) is 3.55. The lowest BCUT2D eigenvalue weighted by molar-refractivity contribution is -0.133. The van der Waals surface area contributed by atoms with Gasteiger partial charge in [0.2, 0.25) is 5.91 Å². The number of anilines is 1. The summed E-state index contributed by atoms with van der Waals surface area (Å²) in [6, 6.07) is 4.62. The van der Waals surface area contributed by atoms with Crippen LogP contribution in [0.5, 0.6) is 0 Å². The topological polar surface area (TPSA) is 91.4 Å². The van der Waals surface area contributed by atoms with Crippen LogP contribution in [0.1, 0.15) is 30.0 Å². The number of nitrogens with one attached hydrogen (secondary N) is 2. The highest BCUT2D eigenvalue weighted by atomic mass is 32.1. The average molecular weight is 390 g/mol. The first-order valence-electron chi connectivity index (χ1n) is 8.41. The number of imide groups is 1. The van der Waals surface area contributed by atoms with E-state index in [-0.39, 0.29) is 0 Å². The maximum absolute atomic E-state index is 13.1. The zero-order chi connectivity index (χ0) is 19.8. The fourth-order valence-corrected chi connectivity index (χ4v) is 3.85. The van der Waals surface area contributed by atoms with Crippen molar-refractivity contribution in [3.05, 3.63) is 46.2 Å². The predicted octanol–water partition coefficient (Wildman–Crippen LogP) is 2.56. The summed E-state index contributed by atoms with van der Waals surface area (Å²) in [7, 11) is 0. The van der Waals surface area contributed by atoms with E-state index in [1.54, 1.807) is 0 Å². The van der Waals surface area contributed by atoms with Gasteiger partial charge in [0.25, 0.3) is 5.91 Å². The Balaban J connectivity index is 1.73. The summed E-state index contributed by atoms with van der Waals surface area (Å²) in [5.41, 5.74) is -0.0134. The highest BCUT2D eigenvalue weighted by molar-refractivity contribution is 7.15. The van der Waals surface area contributed by atoms with E-state index >= 15 is 0 Å². The highest BCUT2D eigenvalue weighted by Crippen LogP contribution is 2.29. The van der Waals surface area contributed by atoms with Gasteiger partial charge in [-0.05, 0) is 38.0 Å². The molecule has 0 unspecified atom stereocenters. The van der Waals surface area contributed by atoms with Crippen molar-refractivity contribution in [2.24, 2.45) is 0 Å². The van der Waals surface area contributed by atoms with Gasteiger partial charge < -0.3 is 10.6 Å². The largest absolute Gasteiger partial charge is 0.325 e. The molecule has 142 valence electrons. The SMILES string of the molecule is CCc1nc(NC(=O)CN2C(=O)N[C@](C)(c3ccc(F)cc3)C2=O)sc1C. The molecule has 7 nitrogen and oxygen atoms in total. The number of halogens is 1. The predicted molar refractivity (Wildman–Crippen MR) is 98.9 cm³/mol. The number of nitrogens with zero attached hydrogens (tertiary/aromatic N) is 2. The fraction of sp³-hybridized carbons (Fsp3) is 0.333. The third-order valence-corrected chi connectivity index (χ3v) is 5.40. The van der Waals surface area contributed by atoms with E-state index in [1.807, 2.05) is 13.8 Å². The number of carbonyl (C=O) groups excluding carboxylic acids is 3. The minimum atomic E-state index is -1.35. The molecule has 9 heteroatoms. The molecule has 27 heavy (non-hydrogen) atoms. The summed E-state index contributed by atoms with van der Waals surface area (Å²) >= 11 is 1.34. The number of thiazole rings is 1. The Morgan fingerprint density at radius 1 is 1.33 bits per heavy atom. The van der Waals surface area contributed by atoms with Crippen LogP contribution < -0.4 is 10.6 Å². The smallest absolute Gasteiger partial charge is 0.319 e. The number of hydrogen-bond acceptors (Lipinski definition) is 5. The van der Waals surface area contributed by atoms with Gasteiger partial charge in [-0.15, -0.1) is 11.3 Å². The first kappa shape index (κ1) is 19.0. The summed E-state index contributed by atoms with van der Waals surface area (Å²) < 4.78 is 13.1. The molecule has 0 saturated carbocycles. The Kier molecular flexibility index (Phi) is 4.97. The van der Waals surface area contributed by atoms with Gasteiger partial charge in [-0.3, -0.25) is 14.5 Å². The van der Waals surface area contributed by atoms with Crippen molar-refractivity contribution in [3.8, 4) is 0 Å². The summed E-state index contributed by atoms with van der Waals surface area (Å²) in [6.07, 6.45) is 0.751. The van der Waals surface area contributed by atoms with Gasteiger partial charge in [0.05, 0.1) is 5.69 Å². The van der Waals surface area contributed by atoms with Crippen LogP contribution in [-0.2, 0) is 21.5 Å². The zero-order valence-corrected chi connectivity index (χ0v) is 15.9. The Morgan fingerprint density at radius 2 is 2.00 bits per heavy atom. The molecule has 0 spiro atoms. The molecule has 1 aliphatic rings. The molecule has 2 aromatic rings. The highest BCUT2D eigenvalue weighted by Gasteiger charge is 2.49. The van der Waals surface area contributed by atoms with Crippen molar-refractivity contribution >= 4 is 34.3 Å². The number of rotatable bonds is 5. The summed E-state index contributed by atoms with van der Waals surface area (Å²) in [6.45, 7) is 4.98. The number of carbonyl (C=O) groups is 3.